The molecule has 2 aliphatic rings. The zero-order chi connectivity index (χ0) is 19.3. The molecule has 150 valence electrons. The largest absolute Gasteiger partial charge is 0.379 e. The van der Waals surface area contributed by atoms with Gasteiger partial charge in [-0.05, 0) is 43.4 Å². The first-order chi connectivity index (χ1) is 13.7. The zero-order valence-corrected chi connectivity index (χ0v) is 16.8. The number of rotatable bonds is 6. The molecule has 2 atom stereocenters. The summed E-state index contributed by atoms with van der Waals surface area (Å²) in [6.45, 7) is 5.41. The Hall–Kier alpha value is -1.98. The second-order valence-corrected chi connectivity index (χ2v) is 8.17. The van der Waals surface area contributed by atoms with Crippen LogP contribution in [0.5, 0.6) is 0 Å². The summed E-state index contributed by atoms with van der Waals surface area (Å²) in [6.07, 6.45) is 6.61. The Morgan fingerprint density at radius 1 is 1.21 bits per heavy atom. The Morgan fingerprint density at radius 3 is 2.86 bits per heavy atom. The lowest BCUT2D eigenvalue weighted by Gasteiger charge is -2.34. The second kappa shape index (κ2) is 9.01. The summed E-state index contributed by atoms with van der Waals surface area (Å²) in [6, 6.07) is 11.4. The van der Waals surface area contributed by atoms with Crippen LogP contribution in [0.1, 0.15) is 38.2 Å². The van der Waals surface area contributed by atoms with Crippen molar-refractivity contribution in [1.82, 2.24) is 15.2 Å². The Balaban J connectivity index is 1.35. The quantitative estimate of drug-likeness (QED) is 0.835. The molecule has 2 aromatic rings. The van der Waals surface area contributed by atoms with Gasteiger partial charge in [-0.1, -0.05) is 25.1 Å². The lowest BCUT2D eigenvalue weighted by atomic mass is 9.92. The molecule has 0 saturated carbocycles. The van der Waals surface area contributed by atoms with E-state index in [0.717, 1.165) is 57.5 Å². The van der Waals surface area contributed by atoms with Crippen molar-refractivity contribution in [2.24, 2.45) is 5.92 Å². The van der Waals surface area contributed by atoms with Gasteiger partial charge in [0, 0.05) is 49.1 Å². The van der Waals surface area contributed by atoms with Crippen molar-refractivity contribution in [3.63, 3.8) is 0 Å². The number of amides is 1. The molecule has 4 rings (SSSR count). The van der Waals surface area contributed by atoms with Gasteiger partial charge in [-0.2, -0.15) is 0 Å². The molecule has 3 heterocycles. The van der Waals surface area contributed by atoms with E-state index in [4.69, 9.17) is 4.74 Å². The lowest BCUT2D eigenvalue weighted by Crippen LogP contribution is -2.49. The van der Waals surface area contributed by atoms with E-state index in [1.54, 1.807) is 0 Å². The number of para-hydroxylation sites is 1. The number of nitrogens with one attached hydrogen (secondary N) is 1. The summed E-state index contributed by atoms with van der Waals surface area (Å²) < 4.78 is 5.84. The van der Waals surface area contributed by atoms with Crippen molar-refractivity contribution < 1.29 is 9.53 Å². The van der Waals surface area contributed by atoms with Gasteiger partial charge in [0.2, 0.25) is 5.91 Å². The number of carbonyl (C=O) groups is 1. The molecule has 0 aliphatic carbocycles. The molecule has 2 fully saturated rings. The van der Waals surface area contributed by atoms with E-state index in [1.807, 2.05) is 17.2 Å². The number of likely N-dealkylation sites (tertiary alicyclic amines) is 1. The standard InChI is InChI=1S/C23H31N3O2/c1-2-5-23(27)26-12-9-19(10-13-26)25-22-16-28-15-18(22)14-17-8-11-24-21-7-4-3-6-20(17)21/h3-4,6-8,11,18-19,22,25H,2,5,9-10,12-16H2,1H3. The minimum atomic E-state index is 0.313. The lowest BCUT2D eigenvalue weighted by molar-refractivity contribution is -0.132. The maximum Gasteiger partial charge on any atom is 0.222 e. The van der Waals surface area contributed by atoms with Crippen molar-refractivity contribution in [2.75, 3.05) is 26.3 Å². The van der Waals surface area contributed by atoms with Crippen LogP contribution in [0.2, 0.25) is 0 Å². The van der Waals surface area contributed by atoms with E-state index in [1.165, 1.54) is 10.9 Å². The fourth-order valence-corrected chi connectivity index (χ4v) is 4.57. The smallest absolute Gasteiger partial charge is 0.222 e. The molecule has 1 N–H and O–H groups in total. The fraction of sp³-hybridized carbons (Fsp3) is 0.565. The third-order valence-electron chi connectivity index (χ3n) is 6.18. The monoisotopic (exact) mass is 381 g/mol. The maximum atomic E-state index is 12.1. The Labute approximate surface area is 167 Å². The Bertz CT molecular complexity index is 796. The summed E-state index contributed by atoms with van der Waals surface area (Å²) in [5.74, 6) is 0.790. The summed E-state index contributed by atoms with van der Waals surface area (Å²) in [4.78, 5) is 18.6. The molecule has 1 amide bonds. The minimum Gasteiger partial charge on any atom is -0.379 e. The number of pyridine rings is 1. The first-order valence-corrected chi connectivity index (χ1v) is 10.7. The summed E-state index contributed by atoms with van der Waals surface area (Å²) in [7, 11) is 0. The van der Waals surface area contributed by atoms with Crippen molar-refractivity contribution in [3.8, 4) is 0 Å². The van der Waals surface area contributed by atoms with Crippen LogP contribution in [0.15, 0.2) is 36.5 Å². The van der Waals surface area contributed by atoms with E-state index in [2.05, 4.69) is 41.5 Å². The van der Waals surface area contributed by atoms with Gasteiger partial charge < -0.3 is 15.0 Å². The number of fused-ring (bicyclic) bond motifs is 1. The van der Waals surface area contributed by atoms with Gasteiger partial charge in [0.15, 0.2) is 0 Å². The number of hydrogen-bond acceptors (Lipinski definition) is 4. The first-order valence-electron chi connectivity index (χ1n) is 10.7. The molecular formula is C23H31N3O2. The maximum absolute atomic E-state index is 12.1. The molecule has 0 radical (unpaired) electrons. The van der Waals surface area contributed by atoms with E-state index in [9.17, 15) is 4.79 Å². The molecule has 1 aromatic carbocycles. The van der Waals surface area contributed by atoms with E-state index in [0.29, 0.717) is 30.3 Å². The number of hydrogen-bond donors (Lipinski definition) is 1. The fourth-order valence-electron chi connectivity index (χ4n) is 4.57. The van der Waals surface area contributed by atoms with Gasteiger partial charge in [-0.15, -0.1) is 0 Å². The minimum absolute atomic E-state index is 0.313. The zero-order valence-electron chi connectivity index (χ0n) is 16.8. The van der Waals surface area contributed by atoms with Crippen molar-refractivity contribution in [2.45, 2.75) is 51.1 Å². The Morgan fingerprint density at radius 2 is 2.04 bits per heavy atom. The van der Waals surface area contributed by atoms with Gasteiger partial charge in [-0.25, -0.2) is 0 Å². The van der Waals surface area contributed by atoms with Crippen LogP contribution < -0.4 is 5.32 Å². The highest BCUT2D eigenvalue weighted by Crippen LogP contribution is 2.25. The molecule has 2 saturated heterocycles. The van der Waals surface area contributed by atoms with Gasteiger partial charge >= 0.3 is 0 Å². The van der Waals surface area contributed by atoms with Crippen molar-refractivity contribution >= 4 is 16.8 Å². The van der Waals surface area contributed by atoms with Crippen LogP contribution in [0, 0.1) is 5.92 Å². The Kier molecular flexibility index (Phi) is 6.23. The average Bonchev–Trinajstić information content (AvgIpc) is 3.15. The molecule has 28 heavy (non-hydrogen) atoms. The van der Waals surface area contributed by atoms with Gasteiger partial charge in [-0.3, -0.25) is 9.78 Å². The highest BCUT2D eigenvalue weighted by Gasteiger charge is 2.32. The normalized spacial score (nSPS) is 23.4. The van der Waals surface area contributed by atoms with Gasteiger partial charge in [0.05, 0.1) is 18.7 Å². The highest BCUT2D eigenvalue weighted by atomic mass is 16.5. The third kappa shape index (κ3) is 4.36. The van der Waals surface area contributed by atoms with Crippen molar-refractivity contribution in [1.29, 1.82) is 0 Å². The van der Waals surface area contributed by atoms with Crippen LogP contribution in [-0.4, -0.2) is 54.2 Å². The molecule has 0 spiro atoms. The molecule has 1 aromatic heterocycles. The summed E-state index contributed by atoms with van der Waals surface area (Å²) >= 11 is 0. The highest BCUT2D eigenvalue weighted by molar-refractivity contribution is 5.81. The van der Waals surface area contributed by atoms with Gasteiger partial charge in [0.1, 0.15) is 0 Å². The number of carbonyl (C=O) groups excluding carboxylic acids is 1. The van der Waals surface area contributed by atoms with Crippen LogP contribution in [0.25, 0.3) is 10.9 Å². The number of piperidine rings is 1. The summed E-state index contributed by atoms with van der Waals surface area (Å²) in [5, 5.41) is 5.10. The van der Waals surface area contributed by atoms with Crippen LogP contribution in [0.4, 0.5) is 0 Å². The third-order valence-corrected chi connectivity index (χ3v) is 6.18. The van der Waals surface area contributed by atoms with E-state index < -0.39 is 0 Å². The molecule has 2 aliphatic heterocycles. The van der Waals surface area contributed by atoms with E-state index in [-0.39, 0.29) is 0 Å². The molecular weight excluding hydrogens is 350 g/mol. The average molecular weight is 382 g/mol. The number of nitrogens with zero attached hydrogens (tertiary/aromatic N) is 2. The molecule has 2 unspecified atom stereocenters. The van der Waals surface area contributed by atoms with Crippen LogP contribution in [0.3, 0.4) is 0 Å². The van der Waals surface area contributed by atoms with E-state index >= 15 is 0 Å². The second-order valence-electron chi connectivity index (χ2n) is 8.17. The molecule has 5 heteroatoms. The number of aromatic nitrogens is 1. The molecule has 0 bridgehead atoms. The SMILES string of the molecule is CCCC(=O)N1CCC(NC2COCC2Cc2ccnc3ccccc23)CC1. The van der Waals surface area contributed by atoms with Crippen molar-refractivity contribution in [3.05, 3.63) is 42.1 Å². The summed E-state index contributed by atoms with van der Waals surface area (Å²) in [5.41, 5.74) is 2.42. The van der Waals surface area contributed by atoms with Crippen LogP contribution >= 0.6 is 0 Å². The van der Waals surface area contributed by atoms with Gasteiger partial charge in [0.25, 0.3) is 0 Å². The molecule has 5 nitrogen and oxygen atoms in total. The predicted octanol–water partition coefficient (Wildman–Crippen LogP) is 3.17. The number of benzene rings is 1. The number of ether oxygens (including phenoxy) is 1. The first kappa shape index (κ1) is 19.3. The predicted molar refractivity (Wildman–Crippen MR) is 111 cm³/mol. The van der Waals surface area contributed by atoms with Crippen LogP contribution in [-0.2, 0) is 16.0 Å². The topological polar surface area (TPSA) is 54.5 Å².